The predicted molar refractivity (Wildman–Crippen MR) is 52.8 cm³/mol. The molecule has 0 spiro atoms. The quantitative estimate of drug-likeness (QED) is 0.760. The van der Waals surface area contributed by atoms with Crippen LogP contribution in [0.5, 0.6) is 11.5 Å². The van der Waals surface area contributed by atoms with E-state index >= 15 is 0 Å². The SMILES string of the molecule is CC(C=O)C(O)c1ccc2c(c1)OCO2. The first-order valence-corrected chi connectivity index (χ1v) is 4.75. The molecule has 2 rings (SSSR count). The smallest absolute Gasteiger partial charge is 0.231 e. The molecule has 4 nitrogen and oxygen atoms in total. The Balaban J connectivity index is 2.26. The maximum atomic E-state index is 10.5. The molecule has 15 heavy (non-hydrogen) atoms. The second-order valence-electron chi connectivity index (χ2n) is 3.55. The van der Waals surface area contributed by atoms with Gasteiger partial charge in [0.05, 0.1) is 6.10 Å². The highest BCUT2D eigenvalue weighted by Crippen LogP contribution is 2.35. The fraction of sp³-hybridized carbons (Fsp3) is 0.364. The first-order valence-electron chi connectivity index (χ1n) is 4.75. The minimum atomic E-state index is -0.794. The van der Waals surface area contributed by atoms with Crippen molar-refractivity contribution in [3.05, 3.63) is 23.8 Å². The van der Waals surface area contributed by atoms with Gasteiger partial charge in [-0.2, -0.15) is 0 Å². The van der Waals surface area contributed by atoms with Crippen molar-refractivity contribution in [1.29, 1.82) is 0 Å². The molecule has 1 heterocycles. The van der Waals surface area contributed by atoms with Gasteiger partial charge in [0.15, 0.2) is 11.5 Å². The molecule has 4 heteroatoms. The number of hydrogen-bond acceptors (Lipinski definition) is 4. The minimum Gasteiger partial charge on any atom is -0.454 e. The molecule has 0 aliphatic carbocycles. The van der Waals surface area contributed by atoms with Crippen molar-refractivity contribution < 1.29 is 19.4 Å². The van der Waals surface area contributed by atoms with Gasteiger partial charge in [-0.3, -0.25) is 0 Å². The topological polar surface area (TPSA) is 55.8 Å². The fourth-order valence-electron chi connectivity index (χ4n) is 1.48. The van der Waals surface area contributed by atoms with Crippen molar-refractivity contribution in [3.8, 4) is 11.5 Å². The average molecular weight is 208 g/mol. The van der Waals surface area contributed by atoms with Crippen LogP contribution < -0.4 is 9.47 Å². The Morgan fingerprint density at radius 1 is 1.40 bits per heavy atom. The van der Waals surface area contributed by atoms with Crippen molar-refractivity contribution >= 4 is 6.29 Å². The van der Waals surface area contributed by atoms with E-state index in [9.17, 15) is 9.90 Å². The van der Waals surface area contributed by atoms with Gasteiger partial charge in [0.2, 0.25) is 6.79 Å². The summed E-state index contributed by atoms with van der Waals surface area (Å²) in [5, 5.41) is 9.79. The normalized spacial score (nSPS) is 17.2. The number of aliphatic hydroxyl groups is 1. The summed E-state index contributed by atoms with van der Waals surface area (Å²) in [7, 11) is 0. The van der Waals surface area contributed by atoms with Crippen molar-refractivity contribution in [2.24, 2.45) is 5.92 Å². The monoisotopic (exact) mass is 208 g/mol. The number of carbonyl (C=O) groups excluding carboxylic acids is 1. The highest BCUT2D eigenvalue weighted by Gasteiger charge is 2.19. The molecule has 0 amide bonds. The summed E-state index contributed by atoms with van der Waals surface area (Å²) in [5.74, 6) is 0.861. The molecule has 0 saturated heterocycles. The maximum Gasteiger partial charge on any atom is 0.231 e. The second kappa shape index (κ2) is 3.90. The highest BCUT2D eigenvalue weighted by molar-refractivity contribution is 5.55. The molecule has 0 aromatic heterocycles. The molecule has 0 bridgehead atoms. The molecule has 2 atom stereocenters. The maximum absolute atomic E-state index is 10.5. The van der Waals surface area contributed by atoms with Crippen molar-refractivity contribution in [2.45, 2.75) is 13.0 Å². The zero-order valence-electron chi connectivity index (χ0n) is 8.34. The lowest BCUT2D eigenvalue weighted by molar-refractivity contribution is -0.113. The number of benzene rings is 1. The molecule has 0 fully saturated rings. The van der Waals surface area contributed by atoms with E-state index in [-0.39, 0.29) is 6.79 Å². The molecule has 1 aliphatic heterocycles. The van der Waals surface area contributed by atoms with Crippen LogP contribution in [0.15, 0.2) is 18.2 Å². The van der Waals surface area contributed by atoms with E-state index < -0.39 is 12.0 Å². The van der Waals surface area contributed by atoms with Crippen molar-refractivity contribution in [1.82, 2.24) is 0 Å². The Bertz CT molecular complexity index is 375. The molecular formula is C11H12O4. The lowest BCUT2D eigenvalue weighted by Crippen LogP contribution is -2.09. The van der Waals surface area contributed by atoms with E-state index in [2.05, 4.69) is 0 Å². The van der Waals surface area contributed by atoms with Crippen LogP contribution in [0.1, 0.15) is 18.6 Å². The number of ether oxygens (including phenoxy) is 2. The highest BCUT2D eigenvalue weighted by atomic mass is 16.7. The van der Waals surface area contributed by atoms with Crippen LogP contribution in [0.2, 0.25) is 0 Å². The van der Waals surface area contributed by atoms with Gasteiger partial charge in [0.25, 0.3) is 0 Å². The first-order chi connectivity index (χ1) is 7.22. The lowest BCUT2D eigenvalue weighted by atomic mass is 9.98. The molecule has 0 saturated carbocycles. The summed E-state index contributed by atoms with van der Waals surface area (Å²) in [6, 6.07) is 5.17. The van der Waals surface area contributed by atoms with Gasteiger partial charge in [-0.15, -0.1) is 0 Å². The standard InChI is InChI=1S/C11H12O4/c1-7(5-12)11(13)8-2-3-9-10(4-8)15-6-14-9/h2-5,7,11,13H,6H2,1H3. The van der Waals surface area contributed by atoms with Gasteiger partial charge in [0, 0.05) is 5.92 Å². The Hall–Kier alpha value is -1.55. The number of rotatable bonds is 3. The van der Waals surface area contributed by atoms with Gasteiger partial charge < -0.3 is 19.4 Å². The molecular weight excluding hydrogens is 196 g/mol. The Morgan fingerprint density at radius 2 is 2.13 bits per heavy atom. The second-order valence-corrected chi connectivity index (χ2v) is 3.55. The van der Waals surface area contributed by atoms with Crippen LogP contribution in [0.4, 0.5) is 0 Å². The van der Waals surface area contributed by atoms with Crippen LogP contribution in [-0.4, -0.2) is 18.2 Å². The molecule has 1 aromatic rings. The fourth-order valence-corrected chi connectivity index (χ4v) is 1.48. The zero-order chi connectivity index (χ0) is 10.8. The summed E-state index contributed by atoms with van der Waals surface area (Å²) < 4.78 is 10.3. The van der Waals surface area contributed by atoms with E-state index in [1.165, 1.54) is 0 Å². The predicted octanol–water partition coefficient (Wildman–Crippen LogP) is 1.28. The van der Waals surface area contributed by atoms with E-state index in [1.54, 1.807) is 25.1 Å². The number of aliphatic hydroxyl groups excluding tert-OH is 1. The van der Waals surface area contributed by atoms with Crippen LogP contribution >= 0.6 is 0 Å². The van der Waals surface area contributed by atoms with Gasteiger partial charge in [-0.05, 0) is 17.7 Å². The van der Waals surface area contributed by atoms with Crippen LogP contribution in [-0.2, 0) is 4.79 Å². The Kier molecular flexibility index (Phi) is 2.60. The van der Waals surface area contributed by atoms with Gasteiger partial charge >= 0.3 is 0 Å². The summed E-state index contributed by atoms with van der Waals surface area (Å²) >= 11 is 0. The summed E-state index contributed by atoms with van der Waals surface area (Å²) in [4.78, 5) is 10.5. The molecule has 1 aliphatic rings. The zero-order valence-corrected chi connectivity index (χ0v) is 8.34. The third kappa shape index (κ3) is 1.80. The van der Waals surface area contributed by atoms with E-state index in [4.69, 9.17) is 9.47 Å². The summed E-state index contributed by atoms with van der Waals surface area (Å²) in [6.07, 6.45) is -0.0630. The number of aldehydes is 1. The van der Waals surface area contributed by atoms with Gasteiger partial charge in [0.1, 0.15) is 6.29 Å². The number of fused-ring (bicyclic) bond motifs is 1. The summed E-state index contributed by atoms with van der Waals surface area (Å²) in [5.41, 5.74) is 0.666. The van der Waals surface area contributed by atoms with Crippen LogP contribution in [0.25, 0.3) is 0 Å². The Morgan fingerprint density at radius 3 is 2.87 bits per heavy atom. The number of carbonyl (C=O) groups is 1. The molecule has 0 radical (unpaired) electrons. The first kappa shape index (κ1) is 9.98. The van der Waals surface area contributed by atoms with Gasteiger partial charge in [-0.1, -0.05) is 13.0 Å². The van der Waals surface area contributed by atoms with Crippen LogP contribution in [0.3, 0.4) is 0 Å². The van der Waals surface area contributed by atoms with Gasteiger partial charge in [-0.25, -0.2) is 0 Å². The summed E-state index contributed by atoms with van der Waals surface area (Å²) in [6.45, 7) is 1.88. The molecule has 1 aromatic carbocycles. The van der Waals surface area contributed by atoms with E-state index in [0.29, 0.717) is 17.1 Å². The van der Waals surface area contributed by atoms with Crippen molar-refractivity contribution in [3.63, 3.8) is 0 Å². The minimum absolute atomic E-state index is 0.206. The molecule has 2 unspecified atom stereocenters. The van der Waals surface area contributed by atoms with Crippen molar-refractivity contribution in [2.75, 3.05) is 6.79 Å². The largest absolute Gasteiger partial charge is 0.454 e. The molecule has 1 N–H and O–H groups in total. The van der Waals surface area contributed by atoms with E-state index in [0.717, 1.165) is 6.29 Å². The Labute approximate surface area is 87.4 Å². The third-order valence-electron chi connectivity index (χ3n) is 2.45. The number of hydrogen-bond donors (Lipinski definition) is 1. The van der Waals surface area contributed by atoms with Crippen LogP contribution in [0, 0.1) is 5.92 Å². The third-order valence-corrected chi connectivity index (χ3v) is 2.45. The molecule has 80 valence electrons. The average Bonchev–Trinajstić information content (AvgIpc) is 2.73. The van der Waals surface area contributed by atoms with E-state index in [1.807, 2.05) is 0 Å². The lowest BCUT2D eigenvalue weighted by Gasteiger charge is -2.13.